The van der Waals surface area contributed by atoms with Gasteiger partial charge in [0.1, 0.15) is 0 Å². The van der Waals surface area contributed by atoms with E-state index in [1.807, 2.05) is 27.7 Å². The summed E-state index contributed by atoms with van der Waals surface area (Å²) < 4.78 is 0. The number of carboxylic acids is 1. The Kier molecular flexibility index (Phi) is 41.2. The van der Waals surface area contributed by atoms with Crippen molar-refractivity contribution in [1.29, 1.82) is 0 Å². The van der Waals surface area contributed by atoms with E-state index < -0.39 is 12.0 Å². The smallest absolute Gasteiger partial charge is 0.289 e. The van der Waals surface area contributed by atoms with Gasteiger partial charge in [-0.1, -0.05) is 27.7 Å². The third kappa shape index (κ3) is 24.5. The van der Waals surface area contributed by atoms with Crippen molar-refractivity contribution in [2.75, 3.05) is 6.54 Å². The van der Waals surface area contributed by atoms with Gasteiger partial charge in [-0.3, -0.25) is 4.79 Å². The number of hydrogen-bond donors (Lipinski definition) is 2. The van der Waals surface area contributed by atoms with Crippen molar-refractivity contribution in [3.8, 4) is 0 Å². The Morgan fingerprint density at radius 3 is 1.77 bits per heavy atom. The second-order valence-electron chi connectivity index (χ2n) is 1.34. The monoisotopic (exact) mass is 264 g/mol. The number of nitrogens with one attached hydrogen (secondary N) is 1. The molecular formula is C9H21NO2Y-2. The average Bonchev–Trinajstić information content (AvgIpc) is 2.12. The fraction of sp³-hybridized carbons (Fsp3) is 0.667. The average molecular weight is 264 g/mol. The maximum atomic E-state index is 9.94. The summed E-state index contributed by atoms with van der Waals surface area (Å²) in [4.78, 5) is 9.94. The van der Waals surface area contributed by atoms with Crippen LogP contribution < -0.4 is 5.32 Å². The molecule has 13 heavy (non-hydrogen) atoms. The van der Waals surface area contributed by atoms with Crippen LogP contribution in [0.3, 0.4) is 0 Å². The van der Waals surface area contributed by atoms with E-state index in [4.69, 9.17) is 5.11 Å². The van der Waals surface area contributed by atoms with Crippen LogP contribution in [0, 0.1) is 13.8 Å². The number of carbonyl (C=O) groups is 1. The van der Waals surface area contributed by atoms with Gasteiger partial charge in [-0.2, -0.15) is 0 Å². The molecule has 4 heteroatoms. The Labute approximate surface area is 108 Å². The van der Waals surface area contributed by atoms with Crippen LogP contribution in [-0.2, 0) is 37.5 Å². The fourth-order valence-electron chi connectivity index (χ4n) is 0.262. The molecule has 0 aromatic rings. The third-order valence-electron chi connectivity index (χ3n) is 0.689. The van der Waals surface area contributed by atoms with Crippen molar-refractivity contribution >= 4 is 5.97 Å². The van der Waals surface area contributed by atoms with Crippen molar-refractivity contribution in [2.24, 2.45) is 0 Å². The van der Waals surface area contributed by atoms with Gasteiger partial charge in [-0.05, 0) is 6.04 Å². The fourth-order valence-corrected chi connectivity index (χ4v) is 0.262. The first-order chi connectivity index (χ1) is 5.68. The first-order valence-electron chi connectivity index (χ1n) is 4.27. The second kappa shape index (κ2) is 22.9. The summed E-state index contributed by atoms with van der Waals surface area (Å²) in [5, 5.41) is 10.7. The van der Waals surface area contributed by atoms with Gasteiger partial charge in [0.2, 0.25) is 0 Å². The molecule has 79 valence electrons. The Hall–Kier alpha value is 0.534. The normalized spacial score (nSPS) is 9.08. The van der Waals surface area contributed by atoms with Crippen LogP contribution in [0.5, 0.6) is 0 Å². The van der Waals surface area contributed by atoms with Crippen LogP contribution in [-0.4, -0.2) is 23.7 Å². The van der Waals surface area contributed by atoms with Gasteiger partial charge in [-0.15, -0.1) is 6.54 Å². The minimum atomic E-state index is -0.950. The van der Waals surface area contributed by atoms with Crippen LogP contribution in [0.4, 0.5) is 0 Å². The van der Waals surface area contributed by atoms with E-state index in [2.05, 4.69) is 19.2 Å². The molecule has 0 saturated heterocycles. The van der Waals surface area contributed by atoms with Crippen LogP contribution in [0.1, 0.15) is 27.7 Å². The maximum absolute atomic E-state index is 9.94. The molecule has 0 fully saturated rings. The molecule has 0 aromatic carbocycles. The molecule has 0 aliphatic rings. The van der Waals surface area contributed by atoms with E-state index in [1.165, 1.54) is 0 Å². The summed E-state index contributed by atoms with van der Waals surface area (Å²) in [5.74, 6) is -0.950. The van der Waals surface area contributed by atoms with Crippen LogP contribution in [0.15, 0.2) is 0 Å². The molecule has 0 aromatic heterocycles. The number of rotatable bonds is 3. The first kappa shape index (κ1) is 23.4. The molecule has 0 unspecified atom stereocenters. The molecule has 0 bridgehead atoms. The Morgan fingerprint density at radius 1 is 1.38 bits per heavy atom. The summed E-state index contributed by atoms with van der Waals surface area (Å²) in [6, 6.07) is -0.729. The number of carboxylic acid groups (broad SMARTS) is 1. The molecule has 1 atom stereocenters. The molecule has 0 aliphatic carbocycles. The molecule has 1 radical (unpaired) electrons. The Morgan fingerprint density at radius 2 is 1.69 bits per heavy atom. The van der Waals surface area contributed by atoms with E-state index in [0.29, 0.717) is 6.54 Å². The van der Waals surface area contributed by atoms with Crippen molar-refractivity contribution in [1.82, 2.24) is 5.32 Å². The van der Waals surface area contributed by atoms with Crippen LogP contribution >= 0.6 is 0 Å². The molecular weight excluding hydrogens is 243 g/mol. The van der Waals surface area contributed by atoms with E-state index in [0.717, 1.165) is 0 Å². The zero-order valence-electron chi connectivity index (χ0n) is 9.13. The van der Waals surface area contributed by atoms with Gasteiger partial charge in [0.25, 0.3) is 5.97 Å². The quantitative estimate of drug-likeness (QED) is 0.763. The van der Waals surface area contributed by atoms with Gasteiger partial charge in [0, 0.05) is 32.7 Å². The van der Waals surface area contributed by atoms with Gasteiger partial charge in [0.05, 0.1) is 0 Å². The zero-order chi connectivity index (χ0) is 10.6. The molecule has 0 amide bonds. The summed E-state index contributed by atoms with van der Waals surface area (Å²) >= 11 is 0. The third-order valence-corrected chi connectivity index (χ3v) is 0.689. The Bertz CT molecular complexity index is 89.7. The van der Waals surface area contributed by atoms with Crippen LogP contribution in [0.2, 0.25) is 0 Å². The largest absolute Gasteiger partial charge is 0.482 e. The van der Waals surface area contributed by atoms with E-state index >= 15 is 0 Å². The summed E-state index contributed by atoms with van der Waals surface area (Å²) in [6.45, 7) is 15.1. The van der Waals surface area contributed by atoms with Gasteiger partial charge >= 0.3 is 0 Å². The predicted molar refractivity (Wildman–Crippen MR) is 52.8 cm³/mol. The molecule has 3 nitrogen and oxygen atoms in total. The standard InChI is InChI=1S/C5H9NO2.2C2H6.Y/c1-3-6-4(2)5(7)8;2*1-2;/h4,6H,1-3H2,(H,7,8);2*1-2H3;/q-2;;;/t4-;;;/m0.../s1. The number of aliphatic carboxylic acids is 1. The van der Waals surface area contributed by atoms with Crippen LogP contribution in [0.25, 0.3) is 0 Å². The summed E-state index contributed by atoms with van der Waals surface area (Å²) in [5.41, 5.74) is 0. The minimum Gasteiger partial charge on any atom is -0.482 e. The first-order valence-corrected chi connectivity index (χ1v) is 4.27. The SMILES string of the molecule is CC.CC.[CH2-]CN[C@@H]([CH2-])C(=O)O.[Y]. The van der Waals surface area contributed by atoms with Gasteiger partial charge in [-0.25, -0.2) is 0 Å². The van der Waals surface area contributed by atoms with Crippen molar-refractivity contribution in [3.05, 3.63) is 13.8 Å². The van der Waals surface area contributed by atoms with E-state index in [9.17, 15) is 4.79 Å². The molecule has 0 spiro atoms. The summed E-state index contributed by atoms with van der Waals surface area (Å²) in [7, 11) is 0. The van der Waals surface area contributed by atoms with Gasteiger partial charge < -0.3 is 24.3 Å². The predicted octanol–water partition coefficient (Wildman–Crippen LogP) is 1.75. The van der Waals surface area contributed by atoms with Crippen molar-refractivity contribution < 1.29 is 42.6 Å². The zero-order valence-corrected chi connectivity index (χ0v) is 12.0. The Balaban J connectivity index is -0.0000000712. The molecule has 0 saturated carbocycles. The van der Waals surface area contributed by atoms with E-state index in [-0.39, 0.29) is 32.7 Å². The van der Waals surface area contributed by atoms with Gasteiger partial charge in [0.15, 0.2) is 0 Å². The molecule has 0 heterocycles. The van der Waals surface area contributed by atoms with Crippen molar-refractivity contribution in [3.63, 3.8) is 0 Å². The van der Waals surface area contributed by atoms with E-state index in [1.54, 1.807) is 0 Å². The maximum Gasteiger partial charge on any atom is 0.289 e. The summed E-state index contributed by atoms with van der Waals surface area (Å²) in [6.07, 6.45) is 0. The minimum absolute atomic E-state index is 0. The topological polar surface area (TPSA) is 49.3 Å². The molecule has 2 N–H and O–H groups in total. The molecule has 0 rings (SSSR count). The second-order valence-corrected chi connectivity index (χ2v) is 1.34. The van der Waals surface area contributed by atoms with Crippen molar-refractivity contribution in [2.45, 2.75) is 33.7 Å². The number of hydrogen-bond acceptors (Lipinski definition) is 2. The molecule has 0 aliphatic heterocycles.